The van der Waals surface area contributed by atoms with Crippen LogP contribution in [0.5, 0.6) is 0 Å². The number of rotatable bonds is 3. The van der Waals surface area contributed by atoms with Crippen LogP contribution in [0.25, 0.3) is 0 Å². The van der Waals surface area contributed by atoms with Crippen LogP contribution < -0.4 is 5.73 Å². The molecule has 1 rings (SSSR count). The first kappa shape index (κ1) is 11.2. The SMILES string of the molecule is CC(N)Cc1ccccc1S(C)(=O)=O. The molecule has 0 heterocycles. The number of hydrogen-bond acceptors (Lipinski definition) is 3. The van der Waals surface area contributed by atoms with E-state index in [-0.39, 0.29) is 6.04 Å². The molecule has 0 saturated carbocycles. The molecule has 78 valence electrons. The Morgan fingerprint density at radius 2 is 1.93 bits per heavy atom. The summed E-state index contributed by atoms with van der Waals surface area (Å²) in [6.07, 6.45) is 1.80. The van der Waals surface area contributed by atoms with Gasteiger partial charge in [-0.15, -0.1) is 0 Å². The van der Waals surface area contributed by atoms with Crippen LogP contribution in [0.4, 0.5) is 0 Å². The van der Waals surface area contributed by atoms with Gasteiger partial charge >= 0.3 is 0 Å². The van der Waals surface area contributed by atoms with Gasteiger partial charge in [-0.25, -0.2) is 8.42 Å². The summed E-state index contributed by atoms with van der Waals surface area (Å²) in [5.41, 5.74) is 6.44. The Morgan fingerprint density at radius 1 is 1.36 bits per heavy atom. The lowest BCUT2D eigenvalue weighted by Crippen LogP contribution is -2.19. The van der Waals surface area contributed by atoms with E-state index in [0.29, 0.717) is 11.3 Å². The van der Waals surface area contributed by atoms with E-state index in [4.69, 9.17) is 5.73 Å². The summed E-state index contributed by atoms with van der Waals surface area (Å²) in [5.74, 6) is 0. The fourth-order valence-electron chi connectivity index (χ4n) is 1.38. The summed E-state index contributed by atoms with van der Waals surface area (Å²) in [6, 6.07) is 6.94. The molecular weight excluding hydrogens is 198 g/mol. The van der Waals surface area contributed by atoms with Crippen molar-refractivity contribution >= 4 is 9.84 Å². The minimum absolute atomic E-state index is 0.0297. The molecule has 0 spiro atoms. The third kappa shape index (κ3) is 2.82. The second-order valence-electron chi connectivity index (χ2n) is 3.56. The van der Waals surface area contributed by atoms with Gasteiger partial charge in [-0.2, -0.15) is 0 Å². The zero-order valence-corrected chi connectivity index (χ0v) is 9.21. The van der Waals surface area contributed by atoms with Gasteiger partial charge < -0.3 is 5.73 Å². The molecule has 4 heteroatoms. The Hall–Kier alpha value is -0.870. The number of benzene rings is 1. The van der Waals surface area contributed by atoms with Crippen LogP contribution >= 0.6 is 0 Å². The zero-order chi connectivity index (χ0) is 10.8. The molecule has 0 amide bonds. The van der Waals surface area contributed by atoms with E-state index in [0.717, 1.165) is 5.56 Å². The molecular formula is C10H15NO2S. The molecule has 0 aliphatic rings. The highest BCUT2D eigenvalue weighted by atomic mass is 32.2. The minimum Gasteiger partial charge on any atom is -0.328 e. The van der Waals surface area contributed by atoms with Crippen molar-refractivity contribution < 1.29 is 8.42 Å². The van der Waals surface area contributed by atoms with E-state index in [9.17, 15) is 8.42 Å². The Balaban J connectivity index is 3.17. The normalized spacial score (nSPS) is 13.9. The zero-order valence-electron chi connectivity index (χ0n) is 8.40. The molecule has 0 bridgehead atoms. The molecule has 1 atom stereocenters. The lowest BCUT2D eigenvalue weighted by molar-refractivity contribution is 0.599. The highest BCUT2D eigenvalue weighted by Gasteiger charge is 2.12. The van der Waals surface area contributed by atoms with Crippen LogP contribution in [0.15, 0.2) is 29.2 Å². The Labute approximate surface area is 84.9 Å². The minimum atomic E-state index is -3.13. The van der Waals surface area contributed by atoms with E-state index in [2.05, 4.69) is 0 Å². The summed E-state index contributed by atoms with van der Waals surface area (Å²) in [6.45, 7) is 1.86. The molecule has 1 aromatic rings. The van der Waals surface area contributed by atoms with Gasteiger partial charge in [0, 0.05) is 12.3 Å². The fraction of sp³-hybridized carbons (Fsp3) is 0.400. The van der Waals surface area contributed by atoms with Crippen LogP contribution in [0.1, 0.15) is 12.5 Å². The van der Waals surface area contributed by atoms with Crippen molar-refractivity contribution in [1.29, 1.82) is 0 Å². The quantitative estimate of drug-likeness (QED) is 0.814. The molecule has 2 N–H and O–H groups in total. The lowest BCUT2D eigenvalue weighted by atomic mass is 10.1. The van der Waals surface area contributed by atoms with Crippen LogP contribution in [-0.2, 0) is 16.3 Å². The van der Waals surface area contributed by atoms with Crippen LogP contribution in [-0.4, -0.2) is 20.7 Å². The average Bonchev–Trinajstić information content (AvgIpc) is 2.01. The molecule has 0 aliphatic heterocycles. The van der Waals surface area contributed by atoms with Crippen LogP contribution in [0.2, 0.25) is 0 Å². The molecule has 14 heavy (non-hydrogen) atoms. The van der Waals surface area contributed by atoms with Crippen molar-refractivity contribution in [3.8, 4) is 0 Å². The average molecular weight is 213 g/mol. The number of nitrogens with two attached hydrogens (primary N) is 1. The van der Waals surface area contributed by atoms with E-state index < -0.39 is 9.84 Å². The van der Waals surface area contributed by atoms with Crippen molar-refractivity contribution in [3.05, 3.63) is 29.8 Å². The van der Waals surface area contributed by atoms with Crippen LogP contribution in [0, 0.1) is 0 Å². The van der Waals surface area contributed by atoms with Gasteiger partial charge in [0.1, 0.15) is 0 Å². The standard InChI is InChI=1S/C10H15NO2S/c1-8(11)7-9-5-3-4-6-10(9)14(2,12)13/h3-6,8H,7,11H2,1-2H3. The smallest absolute Gasteiger partial charge is 0.175 e. The second kappa shape index (κ2) is 4.11. The van der Waals surface area contributed by atoms with Gasteiger partial charge in [-0.1, -0.05) is 18.2 Å². The summed E-state index contributed by atoms with van der Waals surface area (Å²) in [4.78, 5) is 0.386. The number of sulfone groups is 1. The Morgan fingerprint density at radius 3 is 2.43 bits per heavy atom. The predicted octanol–water partition coefficient (Wildman–Crippen LogP) is 0.980. The molecule has 0 aliphatic carbocycles. The molecule has 3 nitrogen and oxygen atoms in total. The van der Waals surface area contributed by atoms with Gasteiger partial charge in [-0.05, 0) is 25.0 Å². The monoisotopic (exact) mass is 213 g/mol. The summed E-state index contributed by atoms with van der Waals surface area (Å²) >= 11 is 0. The Kier molecular flexibility index (Phi) is 3.29. The largest absolute Gasteiger partial charge is 0.328 e. The molecule has 0 fully saturated rings. The first-order valence-corrected chi connectivity index (χ1v) is 6.34. The van der Waals surface area contributed by atoms with Gasteiger partial charge in [0.05, 0.1) is 4.90 Å². The molecule has 0 radical (unpaired) electrons. The highest BCUT2D eigenvalue weighted by Crippen LogP contribution is 2.16. The maximum absolute atomic E-state index is 11.4. The van der Waals surface area contributed by atoms with Crippen molar-refractivity contribution in [2.45, 2.75) is 24.3 Å². The lowest BCUT2D eigenvalue weighted by Gasteiger charge is -2.09. The molecule has 1 aromatic carbocycles. The van der Waals surface area contributed by atoms with E-state index >= 15 is 0 Å². The van der Waals surface area contributed by atoms with E-state index in [1.807, 2.05) is 13.0 Å². The van der Waals surface area contributed by atoms with Crippen molar-refractivity contribution in [3.63, 3.8) is 0 Å². The summed E-state index contributed by atoms with van der Waals surface area (Å²) in [5, 5.41) is 0. The maximum atomic E-state index is 11.4. The van der Waals surface area contributed by atoms with Crippen molar-refractivity contribution in [2.75, 3.05) is 6.26 Å². The third-order valence-corrected chi connectivity index (χ3v) is 3.11. The summed E-state index contributed by atoms with van der Waals surface area (Å²) in [7, 11) is -3.13. The Bertz CT molecular complexity index is 410. The van der Waals surface area contributed by atoms with Gasteiger partial charge in [0.2, 0.25) is 0 Å². The third-order valence-electron chi connectivity index (χ3n) is 1.91. The van der Waals surface area contributed by atoms with Crippen LogP contribution in [0.3, 0.4) is 0 Å². The molecule has 0 aromatic heterocycles. The fourth-order valence-corrected chi connectivity index (χ4v) is 2.33. The number of hydrogen-bond donors (Lipinski definition) is 1. The van der Waals surface area contributed by atoms with E-state index in [1.165, 1.54) is 6.26 Å². The predicted molar refractivity (Wildman–Crippen MR) is 56.9 cm³/mol. The topological polar surface area (TPSA) is 60.2 Å². The van der Waals surface area contributed by atoms with Crippen molar-refractivity contribution in [1.82, 2.24) is 0 Å². The molecule has 0 saturated heterocycles. The highest BCUT2D eigenvalue weighted by molar-refractivity contribution is 7.90. The second-order valence-corrected chi connectivity index (χ2v) is 5.55. The first-order valence-electron chi connectivity index (χ1n) is 4.45. The molecule has 1 unspecified atom stereocenters. The van der Waals surface area contributed by atoms with Gasteiger partial charge in [-0.3, -0.25) is 0 Å². The van der Waals surface area contributed by atoms with Gasteiger partial charge in [0.25, 0.3) is 0 Å². The van der Waals surface area contributed by atoms with Gasteiger partial charge in [0.15, 0.2) is 9.84 Å². The summed E-state index contributed by atoms with van der Waals surface area (Å²) < 4.78 is 22.8. The van der Waals surface area contributed by atoms with E-state index in [1.54, 1.807) is 18.2 Å². The van der Waals surface area contributed by atoms with Crippen molar-refractivity contribution in [2.24, 2.45) is 5.73 Å². The first-order chi connectivity index (χ1) is 6.41. The maximum Gasteiger partial charge on any atom is 0.175 e.